The molecule has 5 heteroatoms. The van der Waals surface area contributed by atoms with Gasteiger partial charge in [0.2, 0.25) is 0 Å². The normalized spacial score (nSPS) is 11.1. The fraction of sp³-hybridized carbons (Fsp3) is 0.0556. The summed E-state index contributed by atoms with van der Waals surface area (Å²) >= 11 is 0. The van der Waals surface area contributed by atoms with Crippen molar-refractivity contribution in [3.05, 3.63) is 72.1 Å². The van der Waals surface area contributed by atoms with E-state index in [1.807, 2.05) is 54.6 Å². The van der Waals surface area contributed by atoms with Crippen LogP contribution in [0.2, 0.25) is 0 Å². The highest BCUT2D eigenvalue weighted by atomic mass is 16.4. The van der Waals surface area contributed by atoms with Gasteiger partial charge in [-0.05, 0) is 18.2 Å². The van der Waals surface area contributed by atoms with Gasteiger partial charge in [-0.25, -0.2) is 4.79 Å². The number of carboxylic acid groups (broad SMARTS) is 1. The molecule has 0 radical (unpaired) electrons. The van der Waals surface area contributed by atoms with Crippen LogP contribution in [-0.2, 0) is 6.54 Å². The van der Waals surface area contributed by atoms with Crippen LogP contribution in [0.15, 0.2) is 60.7 Å². The zero-order chi connectivity index (χ0) is 15.8. The van der Waals surface area contributed by atoms with Crippen molar-refractivity contribution in [3.8, 4) is 0 Å². The van der Waals surface area contributed by atoms with E-state index in [-0.39, 0.29) is 5.69 Å². The predicted molar refractivity (Wildman–Crippen MR) is 87.5 cm³/mol. The minimum Gasteiger partial charge on any atom is -0.477 e. The van der Waals surface area contributed by atoms with E-state index in [2.05, 4.69) is 10.1 Å². The maximum absolute atomic E-state index is 11.6. The van der Waals surface area contributed by atoms with Crippen LogP contribution in [0.3, 0.4) is 0 Å². The van der Waals surface area contributed by atoms with Crippen molar-refractivity contribution in [2.24, 2.45) is 0 Å². The molecule has 0 spiro atoms. The van der Waals surface area contributed by atoms with Crippen molar-refractivity contribution in [2.45, 2.75) is 6.54 Å². The van der Waals surface area contributed by atoms with Crippen LogP contribution in [0, 0.1) is 0 Å². The van der Waals surface area contributed by atoms with Gasteiger partial charge in [0.15, 0.2) is 5.69 Å². The van der Waals surface area contributed by atoms with E-state index in [4.69, 9.17) is 0 Å². The van der Waals surface area contributed by atoms with Crippen LogP contribution in [-0.4, -0.2) is 25.8 Å². The predicted octanol–water partition coefficient (Wildman–Crippen LogP) is 3.33. The molecule has 0 aliphatic heterocycles. The molecule has 0 atom stereocenters. The standard InChI is InChI=1S/C18H13N3O2/c22-18(23)17-14-6-2-4-8-16(14)20-21(17)11-13-10-9-12-5-1-3-7-15(12)19-13/h1-10H,11H2,(H,22,23). The average molecular weight is 303 g/mol. The zero-order valence-corrected chi connectivity index (χ0v) is 12.2. The molecular formula is C18H13N3O2. The number of nitrogens with zero attached hydrogens (tertiary/aromatic N) is 3. The second kappa shape index (κ2) is 5.21. The molecule has 0 saturated carbocycles. The van der Waals surface area contributed by atoms with Gasteiger partial charge >= 0.3 is 5.97 Å². The summed E-state index contributed by atoms with van der Waals surface area (Å²) in [6.07, 6.45) is 0. The number of para-hydroxylation sites is 1. The van der Waals surface area contributed by atoms with Crippen LogP contribution in [0.4, 0.5) is 0 Å². The van der Waals surface area contributed by atoms with E-state index in [0.29, 0.717) is 17.4 Å². The van der Waals surface area contributed by atoms with Gasteiger partial charge in [-0.2, -0.15) is 5.10 Å². The smallest absolute Gasteiger partial charge is 0.354 e. The molecule has 0 fully saturated rings. The molecule has 0 unspecified atom stereocenters. The number of aromatic carboxylic acids is 1. The molecule has 23 heavy (non-hydrogen) atoms. The Bertz CT molecular complexity index is 1040. The Kier molecular flexibility index (Phi) is 3.05. The third-order valence-corrected chi connectivity index (χ3v) is 3.82. The minimum absolute atomic E-state index is 0.190. The molecular weight excluding hydrogens is 290 g/mol. The Labute approximate surface area is 131 Å². The summed E-state index contributed by atoms with van der Waals surface area (Å²) in [5.74, 6) is -0.987. The Hall–Kier alpha value is -3.21. The molecule has 1 N–H and O–H groups in total. The first-order chi connectivity index (χ1) is 11.2. The number of hydrogen-bond donors (Lipinski definition) is 1. The Morgan fingerprint density at radius 1 is 0.957 bits per heavy atom. The first-order valence-corrected chi connectivity index (χ1v) is 7.26. The lowest BCUT2D eigenvalue weighted by molar-refractivity contribution is 0.0686. The van der Waals surface area contributed by atoms with Gasteiger partial charge in [-0.15, -0.1) is 0 Å². The van der Waals surface area contributed by atoms with Crippen LogP contribution in [0.5, 0.6) is 0 Å². The highest BCUT2D eigenvalue weighted by Gasteiger charge is 2.17. The van der Waals surface area contributed by atoms with E-state index in [0.717, 1.165) is 16.6 Å². The number of benzene rings is 2. The van der Waals surface area contributed by atoms with Gasteiger partial charge in [-0.1, -0.05) is 42.5 Å². The molecule has 0 aliphatic carbocycles. The number of carbonyl (C=O) groups is 1. The summed E-state index contributed by atoms with van der Waals surface area (Å²) < 4.78 is 1.50. The SMILES string of the molecule is O=C(O)c1c2ccccc2nn1Cc1ccc2ccccc2n1. The van der Waals surface area contributed by atoms with E-state index in [9.17, 15) is 9.90 Å². The number of rotatable bonds is 3. The molecule has 2 aromatic carbocycles. The summed E-state index contributed by atoms with van der Waals surface area (Å²) in [6.45, 7) is 0.321. The van der Waals surface area contributed by atoms with Gasteiger partial charge in [-0.3, -0.25) is 9.67 Å². The third kappa shape index (κ3) is 2.32. The summed E-state index contributed by atoms with van der Waals surface area (Å²) in [6, 6.07) is 19.0. The first-order valence-electron chi connectivity index (χ1n) is 7.26. The van der Waals surface area contributed by atoms with Crippen LogP contribution in [0.1, 0.15) is 16.2 Å². The molecule has 4 rings (SSSR count). The fourth-order valence-electron chi connectivity index (χ4n) is 2.77. The number of aromatic nitrogens is 3. The van der Waals surface area contributed by atoms with Crippen LogP contribution < -0.4 is 0 Å². The lowest BCUT2D eigenvalue weighted by Crippen LogP contribution is -2.12. The maximum atomic E-state index is 11.6. The fourth-order valence-corrected chi connectivity index (χ4v) is 2.77. The summed E-state index contributed by atoms with van der Waals surface area (Å²) in [5, 5.41) is 15.6. The van der Waals surface area contributed by atoms with Crippen molar-refractivity contribution in [2.75, 3.05) is 0 Å². The number of carboxylic acids is 1. The van der Waals surface area contributed by atoms with E-state index < -0.39 is 5.97 Å². The molecule has 0 bridgehead atoms. The molecule has 0 saturated heterocycles. The van der Waals surface area contributed by atoms with Gasteiger partial charge < -0.3 is 5.11 Å². The van der Waals surface area contributed by atoms with Gasteiger partial charge in [0, 0.05) is 10.8 Å². The second-order valence-corrected chi connectivity index (χ2v) is 5.32. The van der Waals surface area contributed by atoms with Crippen molar-refractivity contribution in [3.63, 3.8) is 0 Å². The Balaban J connectivity index is 1.82. The second-order valence-electron chi connectivity index (χ2n) is 5.32. The van der Waals surface area contributed by atoms with Gasteiger partial charge in [0.1, 0.15) is 0 Å². The van der Waals surface area contributed by atoms with Crippen molar-refractivity contribution in [1.29, 1.82) is 0 Å². The average Bonchev–Trinajstić information content (AvgIpc) is 2.92. The first kappa shape index (κ1) is 13.5. The van der Waals surface area contributed by atoms with Crippen molar-refractivity contribution < 1.29 is 9.90 Å². The summed E-state index contributed by atoms with van der Waals surface area (Å²) in [5.41, 5.74) is 2.53. The summed E-state index contributed by atoms with van der Waals surface area (Å²) in [7, 11) is 0. The molecule has 5 nitrogen and oxygen atoms in total. The largest absolute Gasteiger partial charge is 0.477 e. The van der Waals surface area contributed by atoms with Gasteiger partial charge in [0.25, 0.3) is 0 Å². The topological polar surface area (TPSA) is 68.0 Å². The third-order valence-electron chi connectivity index (χ3n) is 3.82. The van der Waals surface area contributed by atoms with Crippen molar-refractivity contribution >= 4 is 27.8 Å². The van der Waals surface area contributed by atoms with Crippen molar-refractivity contribution in [1.82, 2.24) is 14.8 Å². The lowest BCUT2D eigenvalue weighted by Gasteiger charge is -2.05. The molecule has 2 heterocycles. The van der Waals surface area contributed by atoms with Crippen LogP contribution >= 0.6 is 0 Å². The number of pyridine rings is 1. The Morgan fingerprint density at radius 3 is 2.52 bits per heavy atom. The molecule has 2 aromatic heterocycles. The highest BCUT2D eigenvalue weighted by Crippen LogP contribution is 2.20. The lowest BCUT2D eigenvalue weighted by atomic mass is 10.2. The Morgan fingerprint density at radius 2 is 1.70 bits per heavy atom. The van der Waals surface area contributed by atoms with Crippen LogP contribution in [0.25, 0.3) is 21.8 Å². The molecule has 0 aliphatic rings. The molecule has 112 valence electrons. The quantitative estimate of drug-likeness (QED) is 0.630. The summed E-state index contributed by atoms with van der Waals surface area (Å²) in [4.78, 5) is 16.2. The van der Waals surface area contributed by atoms with E-state index in [1.54, 1.807) is 6.07 Å². The number of fused-ring (bicyclic) bond motifs is 2. The zero-order valence-electron chi connectivity index (χ0n) is 12.2. The number of hydrogen-bond acceptors (Lipinski definition) is 3. The van der Waals surface area contributed by atoms with E-state index in [1.165, 1.54) is 4.68 Å². The minimum atomic E-state index is -0.987. The monoisotopic (exact) mass is 303 g/mol. The highest BCUT2D eigenvalue weighted by molar-refractivity contribution is 6.01. The molecule has 0 amide bonds. The van der Waals surface area contributed by atoms with E-state index >= 15 is 0 Å². The molecule has 4 aromatic rings. The van der Waals surface area contributed by atoms with Gasteiger partial charge in [0.05, 0.1) is 23.3 Å². The maximum Gasteiger partial charge on any atom is 0.354 e.